The summed E-state index contributed by atoms with van der Waals surface area (Å²) in [6, 6.07) is 18.3. The Hall–Kier alpha value is -2.26. The summed E-state index contributed by atoms with van der Waals surface area (Å²) in [5.74, 6) is 1.02. The summed E-state index contributed by atoms with van der Waals surface area (Å²) in [4.78, 5) is 7.35. The second-order valence-corrected chi connectivity index (χ2v) is 6.62. The first-order chi connectivity index (χ1) is 11.8. The van der Waals surface area contributed by atoms with E-state index in [0.29, 0.717) is 0 Å². The number of rotatable bonds is 3. The third-order valence-electron chi connectivity index (χ3n) is 4.50. The lowest BCUT2D eigenvalue weighted by Gasteiger charge is -2.28. The van der Waals surface area contributed by atoms with Crippen LogP contribution in [0.15, 0.2) is 60.8 Å². The van der Waals surface area contributed by atoms with E-state index in [1.54, 1.807) is 0 Å². The minimum Gasteiger partial charge on any atom is -0.342 e. The molecular weight excluding hydrogens is 318 g/mol. The van der Waals surface area contributed by atoms with Crippen LogP contribution < -0.4 is 4.90 Å². The molecule has 1 aliphatic rings. The van der Waals surface area contributed by atoms with E-state index in [-0.39, 0.29) is 0 Å². The number of hydrogen-bond acceptors (Lipinski definition) is 2. The van der Waals surface area contributed by atoms with Crippen LogP contribution in [0.25, 0.3) is 16.9 Å². The third-order valence-corrected chi connectivity index (χ3v) is 4.75. The molecule has 122 valence electrons. The Kier molecular flexibility index (Phi) is 4.26. The molecule has 1 aliphatic heterocycles. The quantitative estimate of drug-likeness (QED) is 0.656. The summed E-state index contributed by atoms with van der Waals surface area (Å²) in [6.07, 6.45) is 5.90. The van der Waals surface area contributed by atoms with Gasteiger partial charge >= 0.3 is 0 Å². The molecule has 1 aromatic heterocycles. The van der Waals surface area contributed by atoms with E-state index in [9.17, 15) is 0 Å². The van der Waals surface area contributed by atoms with Crippen molar-refractivity contribution < 1.29 is 0 Å². The molecule has 0 radical (unpaired) electrons. The smallest absolute Gasteiger partial charge is 0.210 e. The van der Waals surface area contributed by atoms with Gasteiger partial charge in [0.25, 0.3) is 0 Å². The standard InChI is InChI=1S/C20H20ClN3/c21-17-9-11-18(12-10-17)24-15-19(16-7-3-1-4-8-16)22-20(24)23-13-5-2-6-14-23/h1,3-4,7-12,15H,2,5-6,13-14H2. The summed E-state index contributed by atoms with van der Waals surface area (Å²) in [5.41, 5.74) is 3.24. The fourth-order valence-corrected chi connectivity index (χ4v) is 3.35. The summed E-state index contributed by atoms with van der Waals surface area (Å²) >= 11 is 6.05. The zero-order valence-electron chi connectivity index (χ0n) is 13.5. The molecule has 3 aromatic rings. The monoisotopic (exact) mass is 337 g/mol. The highest BCUT2D eigenvalue weighted by Gasteiger charge is 2.19. The Morgan fingerprint density at radius 3 is 2.25 bits per heavy atom. The van der Waals surface area contributed by atoms with Crippen LogP contribution >= 0.6 is 11.6 Å². The lowest BCUT2D eigenvalue weighted by Crippen LogP contribution is -2.31. The number of piperidine rings is 1. The first kappa shape index (κ1) is 15.3. The molecule has 0 N–H and O–H groups in total. The highest BCUT2D eigenvalue weighted by atomic mass is 35.5. The Morgan fingerprint density at radius 1 is 0.833 bits per heavy atom. The van der Waals surface area contributed by atoms with Crippen molar-refractivity contribution in [3.63, 3.8) is 0 Å². The van der Waals surface area contributed by atoms with Crippen LogP contribution in [0.4, 0.5) is 5.95 Å². The molecule has 4 rings (SSSR count). The Balaban J connectivity index is 1.80. The molecule has 0 aliphatic carbocycles. The van der Waals surface area contributed by atoms with Crippen molar-refractivity contribution in [1.82, 2.24) is 9.55 Å². The van der Waals surface area contributed by atoms with E-state index >= 15 is 0 Å². The molecule has 3 nitrogen and oxygen atoms in total. The summed E-state index contributed by atoms with van der Waals surface area (Å²) < 4.78 is 2.18. The molecule has 1 saturated heterocycles. The molecule has 0 bridgehead atoms. The minimum atomic E-state index is 0.752. The molecular formula is C20H20ClN3. The number of aromatic nitrogens is 2. The molecule has 24 heavy (non-hydrogen) atoms. The fourth-order valence-electron chi connectivity index (χ4n) is 3.23. The van der Waals surface area contributed by atoms with E-state index in [0.717, 1.165) is 41.0 Å². The third kappa shape index (κ3) is 3.04. The van der Waals surface area contributed by atoms with E-state index in [1.165, 1.54) is 19.3 Å². The van der Waals surface area contributed by atoms with Crippen LogP contribution in [0.2, 0.25) is 5.02 Å². The first-order valence-corrected chi connectivity index (χ1v) is 8.85. The normalized spacial score (nSPS) is 14.8. The Morgan fingerprint density at radius 2 is 1.54 bits per heavy atom. The van der Waals surface area contributed by atoms with Crippen molar-refractivity contribution in [3.05, 3.63) is 65.8 Å². The maximum atomic E-state index is 6.05. The van der Waals surface area contributed by atoms with Crippen molar-refractivity contribution in [2.24, 2.45) is 0 Å². The molecule has 2 aromatic carbocycles. The number of benzene rings is 2. The number of imidazole rings is 1. The SMILES string of the molecule is Clc1ccc(-n2cc(-c3ccccc3)nc2N2CCCCC2)cc1. The fraction of sp³-hybridized carbons (Fsp3) is 0.250. The predicted molar refractivity (Wildman–Crippen MR) is 100 cm³/mol. The van der Waals surface area contributed by atoms with Gasteiger partial charge in [-0.1, -0.05) is 41.9 Å². The van der Waals surface area contributed by atoms with Crippen LogP contribution in [0.3, 0.4) is 0 Å². The van der Waals surface area contributed by atoms with Gasteiger partial charge in [0.15, 0.2) is 0 Å². The van der Waals surface area contributed by atoms with Crippen LogP contribution in [0.5, 0.6) is 0 Å². The zero-order valence-corrected chi connectivity index (χ0v) is 14.3. The second kappa shape index (κ2) is 6.70. The van der Waals surface area contributed by atoms with Gasteiger partial charge in [-0.15, -0.1) is 0 Å². The summed E-state index contributed by atoms with van der Waals surface area (Å²) in [5, 5.41) is 0.752. The van der Waals surface area contributed by atoms with Gasteiger partial charge in [0.05, 0.1) is 5.69 Å². The van der Waals surface area contributed by atoms with Crippen LogP contribution in [-0.4, -0.2) is 22.6 Å². The topological polar surface area (TPSA) is 21.1 Å². The van der Waals surface area contributed by atoms with Gasteiger partial charge in [-0.05, 0) is 43.5 Å². The lowest BCUT2D eigenvalue weighted by atomic mass is 10.1. The van der Waals surface area contributed by atoms with Gasteiger partial charge < -0.3 is 4.90 Å². The molecule has 0 spiro atoms. The largest absolute Gasteiger partial charge is 0.342 e. The van der Waals surface area contributed by atoms with Gasteiger partial charge in [0, 0.05) is 35.6 Å². The predicted octanol–water partition coefficient (Wildman–Crippen LogP) is 5.18. The van der Waals surface area contributed by atoms with Crippen molar-refractivity contribution >= 4 is 17.5 Å². The summed E-state index contributed by atoms with van der Waals surface area (Å²) in [7, 11) is 0. The summed E-state index contributed by atoms with van der Waals surface area (Å²) in [6.45, 7) is 2.14. The van der Waals surface area contributed by atoms with Gasteiger partial charge in [-0.3, -0.25) is 4.57 Å². The Bertz CT molecular complexity index is 803. The van der Waals surface area contributed by atoms with Crippen molar-refractivity contribution in [2.45, 2.75) is 19.3 Å². The van der Waals surface area contributed by atoms with Crippen molar-refractivity contribution in [1.29, 1.82) is 0 Å². The number of hydrogen-bond donors (Lipinski definition) is 0. The van der Waals surface area contributed by atoms with E-state index in [4.69, 9.17) is 16.6 Å². The maximum Gasteiger partial charge on any atom is 0.210 e. The van der Waals surface area contributed by atoms with Gasteiger partial charge in [-0.25, -0.2) is 4.98 Å². The molecule has 1 fully saturated rings. The molecule has 0 atom stereocenters. The molecule has 2 heterocycles. The lowest BCUT2D eigenvalue weighted by molar-refractivity contribution is 0.566. The minimum absolute atomic E-state index is 0.752. The number of anilines is 1. The van der Waals surface area contributed by atoms with Crippen molar-refractivity contribution in [2.75, 3.05) is 18.0 Å². The average Bonchev–Trinajstić information content (AvgIpc) is 3.09. The average molecular weight is 338 g/mol. The van der Waals surface area contributed by atoms with E-state index in [1.807, 2.05) is 30.3 Å². The zero-order chi connectivity index (χ0) is 16.4. The highest BCUT2D eigenvalue weighted by molar-refractivity contribution is 6.30. The van der Waals surface area contributed by atoms with Crippen LogP contribution in [0, 0.1) is 0 Å². The first-order valence-electron chi connectivity index (χ1n) is 8.47. The Labute approximate surface area is 147 Å². The second-order valence-electron chi connectivity index (χ2n) is 6.19. The van der Waals surface area contributed by atoms with Crippen molar-refractivity contribution in [3.8, 4) is 16.9 Å². The van der Waals surface area contributed by atoms with E-state index < -0.39 is 0 Å². The van der Waals surface area contributed by atoms with Gasteiger partial charge in [-0.2, -0.15) is 0 Å². The van der Waals surface area contributed by atoms with Gasteiger partial charge in [0.1, 0.15) is 0 Å². The highest BCUT2D eigenvalue weighted by Crippen LogP contribution is 2.28. The number of halogens is 1. The molecule has 4 heteroatoms. The van der Waals surface area contributed by atoms with Crippen LogP contribution in [-0.2, 0) is 0 Å². The van der Waals surface area contributed by atoms with Crippen LogP contribution in [0.1, 0.15) is 19.3 Å². The van der Waals surface area contributed by atoms with E-state index in [2.05, 4.69) is 39.9 Å². The maximum absolute atomic E-state index is 6.05. The van der Waals surface area contributed by atoms with Gasteiger partial charge in [0.2, 0.25) is 5.95 Å². The molecule has 0 unspecified atom stereocenters. The number of nitrogens with zero attached hydrogens (tertiary/aromatic N) is 3. The molecule has 0 amide bonds. The molecule has 0 saturated carbocycles.